The molecule has 0 bridgehead atoms. The van der Waals surface area contributed by atoms with E-state index in [-0.39, 0.29) is 11.4 Å². The highest BCUT2D eigenvalue weighted by molar-refractivity contribution is 6.00. The van der Waals surface area contributed by atoms with Crippen LogP contribution in [0, 0.1) is 11.2 Å². The highest BCUT2D eigenvalue weighted by Crippen LogP contribution is 2.23. The molecule has 0 aliphatic carbocycles. The fraction of sp³-hybridized carbons (Fsp3) is 0.143. The predicted molar refractivity (Wildman–Crippen MR) is 73.8 cm³/mol. The first-order valence-corrected chi connectivity index (χ1v) is 5.82. The first-order valence-electron chi connectivity index (χ1n) is 5.82. The van der Waals surface area contributed by atoms with Gasteiger partial charge in [-0.2, -0.15) is 0 Å². The Morgan fingerprint density at radius 2 is 2.16 bits per heavy atom. The SMILES string of the molecule is CN(Cc1cccnc1)c1cccc(F)c1C(=N)N. The third-order valence-corrected chi connectivity index (χ3v) is 2.81. The number of pyridine rings is 1. The summed E-state index contributed by atoms with van der Waals surface area (Å²) in [5.41, 5.74) is 7.18. The van der Waals surface area contributed by atoms with Gasteiger partial charge in [0.2, 0.25) is 0 Å². The summed E-state index contributed by atoms with van der Waals surface area (Å²) in [5, 5.41) is 7.49. The van der Waals surface area contributed by atoms with E-state index >= 15 is 0 Å². The Morgan fingerprint density at radius 3 is 2.79 bits per heavy atom. The van der Waals surface area contributed by atoms with Gasteiger partial charge in [-0.25, -0.2) is 4.39 Å². The number of anilines is 1. The van der Waals surface area contributed by atoms with Gasteiger partial charge in [0.15, 0.2) is 0 Å². The van der Waals surface area contributed by atoms with Gasteiger partial charge in [-0.15, -0.1) is 0 Å². The smallest absolute Gasteiger partial charge is 0.136 e. The van der Waals surface area contributed by atoms with Gasteiger partial charge in [0.05, 0.1) is 11.3 Å². The minimum atomic E-state index is -0.483. The zero-order valence-electron chi connectivity index (χ0n) is 10.6. The molecule has 5 heteroatoms. The second-order valence-electron chi connectivity index (χ2n) is 4.26. The van der Waals surface area contributed by atoms with Crippen molar-refractivity contribution in [3.63, 3.8) is 0 Å². The van der Waals surface area contributed by atoms with E-state index in [1.165, 1.54) is 6.07 Å². The third kappa shape index (κ3) is 2.88. The molecular formula is C14H15FN4. The van der Waals surface area contributed by atoms with Crippen LogP contribution < -0.4 is 10.6 Å². The van der Waals surface area contributed by atoms with E-state index < -0.39 is 5.82 Å². The van der Waals surface area contributed by atoms with Gasteiger partial charge < -0.3 is 10.6 Å². The summed E-state index contributed by atoms with van der Waals surface area (Å²) in [6, 6.07) is 8.45. The van der Waals surface area contributed by atoms with Crippen LogP contribution in [0.3, 0.4) is 0 Å². The maximum absolute atomic E-state index is 13.7. The lowest BCUT2D eigenvalue weighted by atomic mass is 10.1. The first kappa shape index (κ1) is 13.0. The zero-order valence-corrected chi connectivity index (χ0v) is 10.6. The Hall–Kier alpha value is -2.43. The lowest BCUT2D eigenvalue weighted by Crippen LogP contribution is -2.23. The molecule has 98 valence electrons. The molecule has 0 aliphatic heterocycles. The molecule has 0 saturated carbocycles. The molecule has 2 aromatic rings. The third-order valence-electron chi connectivity index (χ3n) is 2.81. The molecule has 0 saturated heterocycles. The Labute approximate surface area is 111 Å². The van der Waals surface area contributed by atoms with Gasteiger partial charge in [0.25, 0.3) is 0 Å². The lowest BCUT2D eigenvalue weighted by Gasteiger charge is -2.22. The average Bonchev–Trinajstić information content (AvgIpc) is 2.39. The highest BCUT2D eigenvalue weighted by atomic mass is 19.1. The lowest BCUT2D eigenvalue weighted by molar-refractivity contribution is 0.624. The summed E-state index contributed by atoms with van der Waals surface area (Å²) >= 11 is 0. The van der Waals surface area contributed by atoms with Crippen molar-refractivity contribution in [1.29, 1.82) is 5.41 Å². The Bertz CT molecular complexity index is 583. The van der Waals surface area contributed by atoms with Gasteiger partial charge in [-0.3, -0.25) is 10.4 Å². The average molecular weight is 258 g/mol. The van der Waals surface area contributed by atoms with Crippen LogP contribution in [0.25, 0.3) is 0 Å². The molecule has 4 nitrogen and oxygen atoms in total. The topological polar surface area (TPSA) is 66.0 Å². The summed E-state index contributed by atoms with van der Waals surface area (Å²) in [4.78, 5) is 5.88. The van der Waals surface area contributed by atoms with Crippen molar-refractivity contribution < 1.29 is 4.39 Å². The van der Waals surface area contributed by atoms with E-state index in [2.05, 4.69) is 4.98 Å². The van der Waals surface area contributed by atoms with E-state index in [4.69, 9.17) is 11.1 Å². The number of nitrogen functional groups attached to an aromatic ring is 1. The molecule has 0 amide bonds. The number of hydrogen-bond donors (Lipinski definition) is 2. The van der Waals surface area contributed by atoms with Gasteiger partial charge in [0, 0.05) is 26.0 Å². The van der Waals surface area contributed by atoms with Crippen LogP contribution in [-0.4, -0.2) is 17.9 Å². The van der Waals surface area contributed by atoms with E-state index in [9.17, 15) is 4.39 Å². The minimum Gasteiger partial charge on any atom is -0.384 e. The molecule has 19 heavy (non-hydrogen) atoms. The number of nitrogens with zero attached hydrogens (tertiary/aromatic N) is 2. The standard InChI is InChI=1S/C14H15FN4/c1-19(9-10-4-3-7-18-8-10)12-6-2-5-11(15)13(12)14(16)17/h2-8H,9H2,1H3,(H3,16,17). The van der Waals surface area contributed by atoms with Gasteiger partial charge in [-0.1, -0.05) is 12.1 Å². The zero-order chi connectivity index (χ0) is 13.8. The fourth-order valence-electron chi connectivity index (χ4n) is 1.95. The van der Waals surface area contributed by atoms with Crippen molar-refractivity contribution in [2.45, 2.75) is 6.54 Å². The largest absolute Gasteiger partial charge is 0.384 e. The Kier molecular flexibility index (Phi) is 3.75. The normalized spacial score (nSPS) is 10.2. The number of aromatic nitrogens is 1. The number of benzene rings is 1. The summed E-state index contributed by atoms with van der Waals surface area (Å²) in [5.74, 6) is -0.755. The summed E-state index contributed by atoms with van der Waals surface area (Å²) in [6.45, 7) is 0.567. The van der Waals surface area contributed by atoms with Crippen LogP contribution in [0.1, 0.15) is 11.1 Å². The van der Waals surface area contributed by atoms with Crippen molar-refractivity contribution in [1.82, 2.24) is 4.98 Å². The van der Waals surface area contributed by atoms with Gasteiger partial charge in [0.1, 0.15) is 11.7 Å². The predicted octanol–water partition coefficient (Wildman–Crippen LogP) is 2.14. The second-order valence-corrected chi connectivity index (χ2v) is 4.26. The molecule has 0 radical (unpaired) electrons. The Morgan fingerprint density at radius 1 is 1.37 bits per heavy atom. The number of halogens is 1. The molecule has 0 spiro atoms. The molecule has 1 aromatic carbocycles. The van der Waals surface area contributed by atoms with Crippen LogP contribution >= 0.6 is 0 Å². The molecular weight excluding hydrogens is 243 g/mol. The molecule has 1 heterocycles. The van der Waals surface area contributed by atoms with Crippen LogP contribution in [0.4, 0.5) is 10.1 Å². The van der Waals surface area contributed by atoms with Crippen molar-refractivity contribution >= 4 is 11.5 Å². The fourth-order valence-corrected chi connectivity index (χ4v) is 1.95. The van der Waals surface area contributed by atoms with E-state index in [1.807, 2.05) is 24.1 Å². The number of nitrogens with two attached hydrogens (primary N) is 1. The second kappa shape index (κ2) is 5.48. The van der Waals surface area contributed by atoms with Crippen molar-refractivity contribution in [2.24, 2.45) is 5.73 Å². The number of nitrogens with one attached hydrogen (secondary N) is 1. The monoisotopic (exact) mass is 258 g/mol. The quantitative estimate of drug-likeness (QED) is 0.652. The molecule has 0 fully saturated rings. The molecule has 0 atom stereocenters. The number of hydrogen-bond acceptors (Lipinski definition) is 3. The molecule has 0 unspecified atom stereocenters. The number of rotatable bonds is 4. The van der Waals surface area contributed by atoms with Crippen LogP contribution in [0.15, 0.2) is 42.7 Å². The van der Waals surface area contributed by atoms with E-state index in [1.54, 1.807) is 24.5 Å². The molecule has 0 aliphatic rings. The van der Waals surface area contributed by atoms with Crippen LogP contribution in [0.2, 0.25) is 0 Å². The summed E-state index contributed by atoms with van der Waals surface area (Å²) in [6.07, 6.45) is 3.45. The minimum absolute atomic E-state index is 0.133. The maximum atomic E-state index is 13.7. The van der Waals surface area contributed by atoms with Crippen molar-refractivity contribution in [3.05, 3.63) is 59.7 Å². The Balaban J connectivity index is 2.31. The summed E-state index contributed by atoms with van der Waals surface area (Å²) < 4.78 is 13.7. The van der Waals surface area contributed by atoms with Crippen molar-refractivity contribution in [2.75, 3.05) is 11.9 Å². The van der Waals surface area contributed by atoms with Crippen LogP contribution in [-0.2, 0) is 6.54 Å². The highest BCUT2D eigenvalue weighted by Gasteiger charge is 2.14. The van der Waals surface area contributed by atoms with Gasteiger partial charge >= 0.3 is 0 Å². The van der Waals surface area contributed by atoms with Crippen LogP contribution in [0.5, 0.6) is 0 Å². The molecule has 1 aromatic heterocycles. The maximum Gasteiger partial charge on any atom is 0.136 e. The van der Waals surface area contributed by atoms with Gasteiger partial charge in [-0.05, 0) is 23.8 Å². The summed E-state index contributed by atoms with van der Waals surface area (Å²) in [7, 11) is 1.83. The number of amidine groups is 1. The molecule has 2 rings (SSSR count). The molecule has 3 N–H and O–H groups in total. The van der Waals surface area contributed by atoms with E-state index in [0.29, 0.717) is 12.2 Å². The first-order chi connectivity index (χ1) is 9.09. The van der Waals surface area contributed by atoms with Crippen molar-refractivity contribution in [3.8, 4) is 0 Å². The van der Waals surface area contributed by atoms with E-state index in [0.717, 1.165) is 5.56 Å².